The molecule has 0 fully saturated rings. The molecule has 0 aliphatic rings. The van der Waals surface area contributed by atoms with Crippen LogP contribution in [-0.4, -0.2) is 9.55 Å². The molecular formula is C32H46N2. The number of benzene rings is 2. The van der Waals surface area contributed by atoms with Crippen LogP contribution in [-0.2, 0) is 18.4 Å². The molecular weight excluding hydrogens is 412 g/mol. The first kappa shape index (κ1) is 26.3. The third-order valence-electron chi connectivity index (χ3n) is 7.48. The number of rotatable bonds is 15. The molecule has 0 aliphatic heterocycles. The van der Waals surface area contributed by atoms with Crippen molar-refractivity contribution in [2.75, 3.05) is 0 Å². The summed E-state index contributed by atoms with van der Waals surface area (Å²) in [7, 11) is 0. The first-order valence-electron chi connectivity index (χ1n) is 13.7. The van der Waals surface area contributed by atoms with Crippen LogP contribution >= 0.6 is 0 Å². The molecule has 2 unspecified atom stereocenters. The van der Waals surface area contributed by atoms with Gasteiger partial charge in [0, 0.05) is 30.3 Å². The second kappa shape index (κ2) is 13.5. The molecule has 0 N–H and O–H groups in total. The lowest BCUT2D eigenvalue weighted by atomic mass is 9.64. The van der Waals surface area contributed by atoms with Gasteiger partial charge in [-0.3, -0.25) is 0 Å². The van der Waals surface area contributed by atoms with Gasteiger partial charge in [0.1, 0.15) is 5.82 Å². The maximum Gasteiger partial charge on any atom is 0.112 e. The summed E-state index contributed by atoms with van der Waals surface area (Å²) >= 11 is 0. The fraction of sp³-hybridized carbons (Fsp3) is 0.531. The molecule has 3 rings (SSSR count). The Balaban J connectivity index is 1.79. The molecule has 2 aromatic carbocycles. The number of aromatic nitrogens is 2. The van der Waals surface area contributed by atoms with Crippen LogP contribution in [0.1, 0.15) is 102 Å². The smallest absolute Gasteiger partial charge is 0.112 e. The van der Waals surface area contributed by atoms with Crippen molar-refractivity contribution in [2.24, 2.45) is 5.92 Å². The van der Waals surface area contributed by atoms with Gasteiger partial charge in [0.25, 0.3) is 0 Å². The average Bonchev–Trinajstić information content (AvgIpc) is 3.29. The Morgan fingerprint density at radius 2 is 1.38 bits per heavy atom. The van der Waals surface area contributed by atoms with Crippen LogP contribution in [0, 0.1) is 5.92 Å². The molecule has 3 aromatic rings. The Morgan fingerprint density at radius 1 is 0.794 bits per heavy atom. The van der Waals surface area contributed by atoms with Crippen molar-refractivity contribution in [3.63, 3.8) is 0 Å². The van der Waals surface area contributed by atoms with E-state index in [0.29, 0.717) is 11.8 Å². The fourth-order valence-corrected chi connectivity index (χ4v) is 5.75. The van der Waals surface area contributed by atoms with Gasteiger partial charge in [-0.15, -0.1) is 0 Å². The molecule has 34 heavy (non-hydrogen) atoms. The van der Waals surface area contributed by atoms with E-state index >= 15 is 0 Å². The minimum absolute atomic E-state index is 0.0425. The highest BCUT2D eigenvalue weighted by atomic mass is 15.1. The van der Waals surface area contributed by atoms with Gasteiger partial charge in [-0.05, 0) is 29.9 Å². The van der Waals surface area contributed by atoms with Crippen molar-refractivity contribution in [3.8, 4) is 0 Å². The van der Waals surface area contributed by atoms with Gasteiger partial charge in [-0.2, -0.15) is 0 Å². The topological polar surface area (TPSA) is 17.8 Å². The Bertz CT molecular complexity index is 928. The summed E-state index contributed by atoms with van der Waals surface area (Å²) in [6, 6.07) is 22.1. The second-order valence-corrected chi connectivity index (χ2v) is 10.6. The van der Waals surface area contributed by atoms with E-state index in [1.807, 2.05) is 6.20 Å². The predicted octanol–water partition coefficient (Wildman–Crippen LogP) is 8.96. The molecule has 0 amide bonds. The van der Waals surface area contributed by atoms with Crippen LogP contribution in [0.15, 0.2) is 73.1 Å². The van der Waals surface area contributed by atoms with Crippen molar-refractivity contribution >= 4 is 0 Å². The zero-order valence-electron chi connectivity index (χ0n) is 22.0. The van der Waals surface area contributed by atoms with Crippen LogP contribution in [0.4, 0.5) is 0 Å². The normalized spacial score (nSPS) is 14.3. The van der Waals surface area contributed by atoms with Crippen LogP contribution in [0.25, 0.3) is 0 Å². The Kier molecular flexibility index (Phi) is 10.4. The van der Waals surface area contributed by atoms with E-state index in [4.69, 9.17) is 4.98 Å². The SMILES string of the molecule is CCCCCCCCCCn1ccnc1C(C(C)C)C(C)(Cc1ccccc1)c1ccccc1. The van der Waals surface area contributed by atoms with Gasteiger partial charge < -0.3 is 4.57 Å². The summed E-state index contributed by atoms with van der Waals surface area (Å²) in [5, 5.41) is 0. The summed E-state index contributed by atoms with van der Waals surface area (Å²) in [4.78, 5) is 4.98. The average molecular weight is 459 g/mol. The number of hydrogen-bond acceptors (Lipinski definition) is 1. The highest BCUT2D eigenvalue weighted by molar-refractivity contribution is 5.33. The van der Waals surface area contributed by atoms with E-state index in [2.05, 4.69) is 99.1 Å². The molecule has 2 nitrogen and oxygen atoms in total. The van der Waals surface area contributed by atoms with Gasteiger partial charge in [-0.1, -0.05) is 133 Å². The van der Waals surface area contributed by atoms with Crippen molar-refractivity contribution in [1.82, 2.24) is 9.55 Å². The molecule has 0 radical (unpaired) electrons. The molecule has 184 valence electrons. The second-order valence-electron chi connectivity index (χ2n) is 10.6. The van der Waals surface area contributed by atoms with E-state index in [1.54, 1.807) is 0 Å². The Labute approximate surface area is 208 Å². The molecule has 0 saturated heterocycles. The monoisotopic (exact) mass is 458 g/mol. The van der Waals surface area contributed by atoms with Gasteiger partial charge in [-0.25, -0.2) is 4.98 Å². The minimum atomic E-state index is -0.0425. The first-order valence-corrected chi connectivity index (χ1v) is 13.7. The van der Waals surface area contributed by atoms with Crippen LogP contribution in [0.2, 0.25) is 0 Å². The van der Waals surface area contributed by atoms with Gasteiger partial charge in [0.15, 0.2) is 0 Å². The summed E-state index contributed by atoms with van der Waals surface area (Å²) in [5.74, 6) is 2.06. The van der Waals surface area contributed by atoms with E-state index < -0.39 is 0 Å². The summed E-state index contributed by atoms with van der Waals surface area (Å²) in [5.41, 5.74) is 2.75. The quantitative estimate of drug-likeness (QED) is 0.208. The zero-order valence-corrected chi connectivity index (χ0v) is 22.0. The van der Waals surface area contributed by atoms with Crippen LogP contribution in [0.5, 0.6) is 0 Å². The number of hydrogen-bond donors (Lipinski definition) is 0. The summed E-state index contributed by atoms with van der Waals surface area (Å²) < 4.78 is 2.45. The predicted molar refractivity (Wildman–Crippen MR) is 146 cm³/mol. The van der Waals surface area contributed by atoms with Crippen molar-refractivity contribution < 1.29 is 0 Å². The molecule has 2 atom stereocenters. The molecule has 2 heteroatoms. The lowest BCUT2D eigenvalue weighted by Gasteiger charge is -2.41. The minimum Gasteiger partial charge on any atom is -0.335 e. The largest absolute Gasteiger partial charge is 0.335 e. The molecule has 1 aromatic heterocycles. The number of unbranched alkanes of at least 4 members (excludes halogenated alkanes) is 7. The van der Waals surface area contributed by atoms with Crippen LogP contribution < -0.4 is 0 Å². The van der Waals surface area contributed by atoms with Gasteiger partial charge >= 0.3 is 0 Å². The number of nitrogens with zero attached hydrogens (tertiary/aromatic N) is 2. The van der Waals surface area contributed by atoms with E-state index in [-0.39, 0.29) is 5.41 Å². The third kappa shape index (κ3) is 7.08. The summed E-state index contributed by atoms with van der Waals surface area (Å²) in [6.45, 7) is 10.5. The van der Waals surface area contributed by atoms with E-state index in [9.17, 15) is 0 Å². The van der Waals surface area contributed by atoms with Crippen molar-refractivity contribution in [1.29, 1.82) is 0 Å². The van der Waals surface area contributed by atoms with Crippen LogP contribution in [0.3, 0.4) is 0 Å². The maximum atomic E-state index is 4.98. The Morgan fingerprint density at radius 3 is 2.00 bits per heavy atom. The highest BCUT2D eigenvalue weighted by Crippen LogP contribution is 2.45. The van der Waals surface area contributed by atoms with E-state index in [1.165, 1.54) is 68.3 Å². The fourth-order valence-electron chi connectivity index (χ4n) is 5.75. The number of aryl methyl sites for hydroxylation is 1. The molecule has 0 saturated carbocycles. The van der Waals surface area contributed by atoms with Crippen molar-refractivity contribution in [2.45, 2.75) is 103 Å². The molecule has 0 bridgehead atoms. The standard InChI is InChI=1S/C32H46N2/c1-5-6-7-8-9-10-11-18-24-34-25-23-33-31(34)30(27(2)3)32(4,29-21-16-13-17-22-29)26-28-19-14-12-15-20-28/h12-17,19-23,25,27,30H,5-11,18,24,26H2,1-4H3. The lowest BCUT2D eigenvalue weighted by Crippen LogP contribution is -2.37. The van der Waals surface area contributed by atoms with Gasteiger partial charge in [0.2, 0.25) is 0 Å². The highest BCUT2D eigenvalue weighted by Gasteiger charge is 2.41. The maximum absolute atomic E-state index is 4.98. The Hall–Kier alpha value is -2.35. The van der Waals surface area contributed by atoms with Gasteiger partial charge in [0.05, 0.1) is 0 Å². The lowest BCUT2D eigenvalue weighted by molar-refractivity contribution is 0.281. The molecule has 0 aliphatic carbocycles. The van der Waals surface area contributed by atoms with Crippen molar-refractivity contribution in [3.05, 3.63) is 90.0 Å². The van der Waals surface area contributed by atoms with E-state index in [0.717, 1.165) is 13.0 Å². The molecule has 0 spiro atoms. The summed E-state index contributed by atoms with van der Waals surface area (Å²) in [6.07, 6.45) is 16.0. The first-order chi connectivity index (χ1) is 16.6. The number of imidazole rings is 1. The molecule has 1 heterocycles. The third-order valence-corrected chi connectivity index (χ3v) is 7.48. The zero-order chi connectivity index (χ0) is 24.2.